The summed E-state index contributed by atoms with van der Waals surface area (Å²) in [6.45, 7) is 0.479. The van der Waals surface area contributed by atoms with Crippen LogP contribution in [0.1, 0.15) is 18.2 Å². The van der Waals surface area contributed by atoms with E-state index in [0.717, 1.165) is 10.6 Å². The van der Waals surface area contributed by atoms with Crippen LogP contribution in [0.5, 0.6) is 0 Å². The third-order valence-electron chi connectivity index (χ3n) is 4.40. The van der Waals surface area contributed by atoms with Gasteiger partial charge < -0.3 is 9.42 Å². The maximum Gasteiger partial charge on any atom is 0.260 e. The van der Waals surface area contributed by atoms with E-state index >= 15 is 0 Å². The number of rotatable bonds is 4. The Bertz CT molecular complexity index is 959. The first-order chi connectivity index (χ1) is 12.7. The molecule has 1 aromatic heterocycles. The normalized spacial score (nSPS) is 17.1. The second kappa shape index (κ2) is 6.92. The van der Waals surface area contributed by atoms with Crippen molar-refractivity contribution in [2.45, 2.75) is 17.2 Å². The first-order valence-electron chi connectivity index (χ1n) is 8.18. The van der Waals surface area contributed by atoms with Crippen LogP contribution >= 0.6 is 11.8 Å². The smallest absolute Gasteiger partial charge is 0.260 e. The number of aromatic nitrogens is 2. The zero-order valence-electron chi connectivity index (χ0n) is 14.1. The maximum absolute atomic E-state index is 13.9. The fraction of sp³-hybridized carbons (Fsp3) is 0.211. The number of amides is 1. The minimum Gasteiger partial charge on any atom is -0.334 e. The standard InChI is InChI=1S/C19H16FN3O2S/c1-26-14-6-4-5-13(10-14)23-11-12(9-17(23)24)18-21-19(25-22-18)15-7-2-3-8-16(15)20/h2-8,10,12H,9,11H2,1H3. The van der Waals surface area contributed by atoms with Crippen molar-refractivity contribution in [2.75, 3.05) is 17.7 Å². The Balaban J connectivity index is 1.57. The molecule has 1 fully saturated rings. The minimum atomic E-state index is -0.416. The SMILES string of the molecule is CSc1cccc(N2CC(c3noc(-c4ccccc4F)n3)CC2=O)c1. The molecule has 0 bridgehead atoms. The largest absolute Gasteiger partial charge is 0.334 e. The number of carbonyl (C=O) groups is 1. The van der Waals surface area contributed by atoms with Gasteiger partial charge in [0, 0.05) is 29.5 Å². The summed E-state index contributed by atoms with van der Waals surface area (Å²) >= 11 is 1.63. The van der Waals surface area contributed by atoms with Gasteiger partial charge in [0.15, 0.2) is 5.82 Å². The Morgan fingerprint density at radius 1 is 1.23 bits per heavy atom. The third-order valence-corrected chi connectivity index (χ3v) is 5.13. The lowest BCUT2D eigenvalue weighted by Gasteiger charge is -2.16. The molecule has 0 saturated carbocycles. The molecule has 1 amide bonds. The van der Waals surface area contributed by atoms with Crippen molar-refractivity contribution in [3.8, 4) is 11.5 Å². The molecule has 0 N–H and O–H groups in total. The van der Waals surface area contributed by atoms with Crippen molar-refractivity contribution in [2.24, 2.45) is 0 Å². The van der Waals surface area contributed by atoms with Gasteiger partial charge in [-0.25, -0.2) is 4.39 Å². The fourth-order valence-corrected chi connectivity index (χ4v) is 3.51. The molecule has 0 aliphatic carbocycles. The zero-order chi connectivity index (χ0) is 18.1. The number of benzene rings is 2. The molecular weight excluding hydrogens is 353 g/mol. The topological polar surface area (TPSA) is 59.2 Å². The van der Waals surface area contributed by atoms with E-state index in [0.29, 0.717) is 18.8 Å². The zero-order valence-corrected chi connectivity index (χ0v) is 14.9. The summed E-state index contributed by atoms with van der Waals surface area (Å²) < 4.78 is 19.1. The molecule has 0 radical (unpaired) electrons. The van der Waals surface area contributed by atoms with Crippen LogP contribution < -0.4 is 4.90 Å². The monoisotopic (exact) mass is 369 g/mol. The molecule has 1 unspecified atom stereocenters. The van der Waals surface area contributed by atoms with Gasteiger partial charge in [0.05, 0.1) is 5.56 Å². The molecule has 132 valence electrons. The van der Waals surface area contributed by atoms with Crippen LogP contribution in [0.15, 0.2) is 57.9 Å². The van der Waals surface area contributed by atoms with E-state index < -0.39 is 5.82 Å². The molecule has 4 rings (SSSR count). The summed E-state index contributed by atoms with van der Waals surface area (Å²) in [5.41, 5.74) is 1.13. The molecule has 0 spiro atoms. The first-order valence-corrected chi connectivity index (χ1v) is 9.41. The molecule has 1 saturated heterocycles. The van der Waals surface area contributed by atoms with Gasteiger partial charge >= 0.3 is 0 Å². The van der Waals surface area contributed by atoms with Crippen LogP contribution in [0.4, 0.5) is 10.1 Å². The van der Waals surface area contributed by atoms with E-state index in [9.17, 15) is 9.18 Å². The van der Waals surface area contributed by atoms with E-state index in [1.54, 1.807) is 34.9 Å². The number of carbonyl (C=O) groups excluding carboxylic acids is 1. The maximum atomic E-state index is 13.9. The lowest BCUT2D eigenvalue weighted by atomic mass is 10.1. The van der Waals surface area contributed by atoms with E-state index in [2.05, 4.69) is 10.1 Å². The third kappa shape index (κ3) is 3.10. The average molecular weight is 369 g/mol. The van der Waals surface area contributed by atoms with Crippen LogP contribution in [0, 0.1) is 5.82 Å². The van der Waals surface area contributed by atoms with Gasteiger partial charge in [-0.15, -0.1) is 11.8 Å². The first kappa shape index (κ1) is 16.8. The Labute approximate surface area is 154 Å². The lowest BCUT2D eigenvalue weighted by molar-refractivity contribution is -0.117. The highest BCUT2D eigenvalue weighted by atomic mass is 32.2. The molecule has 2 aromatic carbocycles. The molecule has 1 atom stereocenters. The van der Waals surface area contributed by atoms with Gasteiger partial charge in [0.2, 0.25) is 5.91 Å². The summed E-state index contributed by atoms with van der Waals surface area (Å²) in [4.78, 5) is 19.6. The molecule has 5 nitrogen and oxygen atoms in total. The number of anilines is 1. The summed E-state index contributed by atoms with van der Waals surface area (Å²) in [6, 6.07) is 14.1. The van der Waals surface area contributed by atoms with Crippen LogP contribution in [0.25, 0.3) is 11.5 Å². The van der Waals surface area contributed by atoms with Crippen molar-refractivity contribution >= 4 is 23.4 Å². The highest BCUT2D eigenvalue weighted by molar-refractivity contribution is 7.98. The highest BCUT2D eigenvalue weighted by Gasteiger charge is 2.34. The number of hydrogen-bond acceptors (Lipinski definition) is 5. The summed E-state index contributed by atoms with van der Waals surface area (Å²) in [6.07, 6.45) is 2.30. The van der Waals surface area contributed by atoms with E-state index in [4.69, 9.17) is 4.52 Å². The summed E-state index contributed by atoms with van der Waals surface area (Å²) in [5.74, 6) is -0.00980. The fourth-order valence-electron chi connectivity index (χ4n) is 3.05. The predicted octanol–water partition coefficient (Wildman–Crippen LogP) is 4.12. The molecule has 2 heterocycles. The van der Waals surface area contributed by atoms with Crippen molar-refractivity contribution in [1.29, 1.82) is 0 Å². The van der Waals surface area contributed by atoms with Crippen LogP contribution in [0.3, 0.4) is 0 Å². The highest BCUT2D eigenvalue weighted by Crippen LogP contribution is 2.33. The lowest BCUT2D eigenvalue weighted by Crippen LogP contribution is -2.24. The molecule has 7 heteroatoms. The van der Waals surface area contributed by atoms with Crippen LogP contribution in [0.2, 0.25) is 0 Å². The Kier molecular flexibility index (Phi) is 4.46. The molecule has 26 heavy (non-hydrogen) atoms. The Morgan fingerprint density at radius 3 is 2.88 bits per heavy atom. The number of nitrogens with zero attached hydrogens (tertiary/aromatic N) is 3. The molecule has 3 aromatic rings. The van der Waals surface area contributed by atoms with Crippen LogP contribution in [-0.2, 0) is 4.79 Å². The molecule has 1 aliphatic heterocycles. The van der Waals surface area contributed by atoms with Gasteiger partial charge in [-0.05, 0) is 36.6 Å². The molecular formula is C19H16FN3O2S. The van der Waals surface area contributed by atoms with E-state index in [1.165, 1.54) is 6.07 Å². The van der Waals surface area contributed by atoms with Gasteiger partial charge in [0.1, 0.15) is 5.82 Å². The predicted molar refractivity (Wildman–Crippen MR) is 97.6 cm³/mol. The second-order valence-corrected chi connectivity index (χ2v) is 6.92. The Morgan fingerprint density at radius 2 is 2.08 bits per heavy atom. The summed E-state index contributed by atoms with van der Waals surface area (Å²) in [7, 11) is 0. The van der Waals surface area contributed by atoms with Gasteiger partial charge in [-0.2, -0.15) is 4.98 Å². The van der Waals surface area contributed by atoms with Gasteiger partial charge in [-0.1, -0.05) is 23.4 Å². The van der Waals surface area contributed by atoms with Gasteiger partial charge in [-0.3, -0.25) is 4.79 Å². The Hall–Kier alpha value is -2.67. The average Bonchev–Trinajstić information content (AvgIpc) is 3.29. The quantitative estimate of drug-likeness (QED) is 0.648. The van der Waals surface area contributed by atoms with E-state index in [1.807, 2.05) is 30.5 Å². The summed E-state index contributed by atoms with van der Waals surface area (Å²) in [5, 5.41) is 3.98. The van der Waals surface area contributed by atoms with Crippen molar-refractivity contribution in [3.63, 3.8) is 0 Å². The second-order valence-electron chi connectivity index (χ2n) is 6.04. The van der Waals surface area contributed by atoms with Crippen molar-refractivity contribution in [3.05, 3.63) is 60.2 Å². The van der Waals surface area contributed by atoms with Crippen molar-refractivity contribution < 1.29 is 13.7 Å². The number of hydrogen-bond donors (Lipinski definition) is 0. The van der Waals surface area contributed by atoms with Gasteiger partial charge in [0.25, 0.3) is 5.89 Å². The van der Waals surface area contributed by atoms with Crippen LogP contribution in [-0.4, -0.2) is 28.8 Å². The number of thioether (sulfide) groups is 1. The van der Waals surface area contributed by atoms with E-state index in [-0.39, 0.29) is 23.3 Å². The minimum absolute atomic E-state index is 0.0190. The molecule has 1 aliphatic rings. The van der Waals surface area contributed by atoms with Crippen molar-refractivity contribution in [1.82, 2.24) is 10.1 Å². The number of halogens is 1.